The summed E-state index contributed by atoms with van der Waals surface area (Å²) in [5, 5.41) is 8.04. The van der Waals surface area contributed by atoms with Crippen LogP contribution in [0.1, 0.15) is 37.4 Å². The molecule has 4 aromatic rings. The molecule has 53 heavy (non-hydrogen) atoms. The summed E-state index contributed by atoms with van der Waals surface area (Å²) in [5.74, 6) is -2.21. The van der Waals surface area contributed by atoms with Crippen LogP contribution in [0.25, 0.3) is 0 Å². The van der Waals surface area contributed by atoms with Gasteiger partial charge in [-0.2, -0.15) is 31.8 Å². The minimum absolute atomic E-state index is 0.0187. The van der Waals surface area contributed by atoms with Crippen LogP contribution in [0, 0.1) is 6.92 Å². The molecule has 0 bridgehead atoms. The van der Waals surface area contributed by atoms with E-state index in [-0.39, 0.29) is 93.6 Å². The van der Waals surface area contributed by atoms with Crippen molar-refractivity contribution in [3.05, 3.63) is 75.6 Å². The summed E-state index contributed by atoms with van der Waals surface area (Å²) >= 11 is 11.6. The van der Waals surface area contributed by atoms with Crippen molar-refractivity contribution in [3.63, 3.8) is 0 Å². The number of aromatic nitrogens is 3. The highest BCUT2D eigenvalue weighted by Gasteiger charge is 2.36. The normalized spacial score (nSPS) is 13.0. The van der Waals surface area contributed by atoms with Gasteiger partial charge in [-0.25, -0.2) is 8.42 Å². The van der Waals surface area contributed by atoms with Gasteiger partial charge in [0.15, 0.2) is 21.4 Å². The average molecular weight is 831 g/mol. The molecule has 1 heterocycles. The maximum atomic E-state index is 13.7. The molecule has 0 atom stereocenters. The molecule has 0 radical (unpaired) electrons. The van der Waals surface area contributed by atoms with E-state index in [1.165, 1.54) is 37.3 Å². The largest absolute Gasteiger partial charge is 0.397 e. The number of sulfone groups is 1. The number of ketones is 2. The fourth-order valence-corrected chi connectivity index (χ4v) is 8.36. The second-order valence-corrected chi connectivity index (χ2v) is 17.1. The first-order valence-electron chi connectivity index (χ1n) is 15.1. The second kappa shape index (κ2) is 15.5. The molecule has 1 aliphatic rings. The van der Waals surface area contributed by atoms with E-state index in [9.17, 15) is 43.9 Å². The second-order valence-electron chi connectivity index (χ2n) is 11.3. The first-order chi connectivity index (χ1) is 24.8. The van der Waals surface area contributed by atoms with Gasteiger partial charge in [0.25, 0.3) is 20.2 Å². The van der Waals surface area contributed by atoms with Crippen LogP contribution in [0.4, 0.5) is 34.6 Å². The predicted octanol–water partition coefficient (Wildman–Crippen LogP) is 3.25. The van der Waals surface area contributed by atoms with Crippen molar-refractivity contribution in [2.24, 2.45) is 0 Å². The SMILES string of the molecule is Cc1c(Nc2nc(Cl)nc(NCCOCCS(=O)(=O)CCCl)n2)cc(Nc2cc(S(=O)(=O)O)c(N)c3c2C(=O)c2ccccc2C3=O)cc1S(=O)(=O)O. The number of nitrogens with two attached hydrogens (primary N) is 1. The van der Waals surface area contributed by atoms with E-state index in [1.54, 1.807) is 0 Å². The van der Waals surface area contributed by atoms with Crippen molar-refractivity contribution >= 4 is 99.5 Å². The zero-order valence-corrected chi connectivity index (χ0v) is 31.2. The number of rotatable bonds is 15. The third-order valence-electron chi connectivity index (χ3n) is 7.71. The minimum Gasteiger partial charge on any atom is -0.397 e. The number of hydrogen-bond acceptors (Lipinski definition) is 16. The monoisotopic (exact) mass is 829 g/mol. The molecule has 1 aromatic heterocycles. The van der Waals surface area contributed by atoms with Gasteiger partial charge in [-0.05, 0) is 42.3 Å². The van der Waals surface area contributed by atoms with Crippen molar-refractivity contribution in [2.75, 3.05) is 58.8 Å². The van der Waals surface area contributed by atoms with Crippen LogP contribution in [0.15, 0.2) is 52.3 Å². The first-order valence-corrected chi connectivity index (χ1v) is 20.7. The third-order valence-corrected chi connectivity index (χ3v) is 11.8. The maximum Gasteiger partial charge on any atom is 0.296 e. The molecule has 0 amide bonds. The number of fused-ring (bicyclic) bond motifs is 2. The van der Waals surface area contributed by atoms with Gasteiger partial charge >= 0.3 is 0 Å². The summed E-state index contributed by atoms with van der Waals surface area (Å²) in [6, 6.07) is 8.82. The molecule has 23 heteroatoms. The van der Waals surface area contributed by atoms with E-state index >= 15 is 0 Å². The van der Waals surface area contributed by atoms with Crippen LogP contribution in [0.2, 0.25) is 5.28 Å². The number of anilines is 6. The molecule has 0 aliphatic heterocycles. The van der Waals surface area contributed by atoms with Crippen molar-refractivity contribution in [1.29, 1.82) is 0 Å². The van der Waals surface area contributed by atoms with Gasteiger partial charge in [0, 0.05) is 34.9 Å². The Morgan fingerprint density at radius 1 is 0.792 bits per heavy atom. The Hall–Kier alpha value is -4.48. The van der Waals surface area contributed by atoms with Crippen LogP contribution in [-0.4, -0.2) is 98.0 Å². The van der Waals surface area contributed by atoms with Crippen LogP contribution >= 0.6 is 23.2 Å². The molecule has 0 fully saturated rings. The number of nitrogens with one attached hydrogen (secondary N) is 3. The Balaban J connectivity index is 1.49. The van der Waals surface area contributed by atoms with Gasteiger partial charge in [-0.1, -0.05) is 24.3 Å². The number of halogens is 2. The lowest BCUT2D eigenvalue weighted by Gasteiger charge is -2.24. The van der Waals surface area contributed by atoms with Gasteiger partial charge in [-0.15, -0.1) is 11.6 Å². The molecule has 0 saturated heterocycles. The molecule has 0 spiro atoms. The molecule has 5 rings (SSSR count). The molecule has 0 unspecified atom stereocenters. The lowest BCUT2D eigenvalue weighted by Crippen LogP contribution is -2.25. The smallest absolute Gasteiger partial charge is 0.296 e. The lowest BCUT2D eigenvalue weighted by molar-refractivity contribution is 0.0980. The highest BCUT2D eigenvalue weighted by Crippen LogP contribution is 2.41. The number of benzene rings is 3. The zero-order chi connectivity index (χ0) is 38.9. The van der Waals surface area contributed by atoms with Gasteiger partial charge in [0.2, 0.25) is 17.2 Å². The standard InChI is InChI=1S/C30H29Cl2N7O11S3/c1-15-19(36-30-38-28(32)37-29(39-30)34-7-8-50-9-11-51(42,43)10-6-31)12-16(13-21(15)52(44,45)46)35-20-14-22(53(47,48)49)25(33)24-23(20)26(40)17-4-2-3-5-18(17)27(24)41/h2-5,12-14,35H,6-11,33H2,1H3,(H,44,45,46)(H,47,48,49)(H2,34,36,37,38,39). The predicted molar refractivity (Wildman–Crippen MR) is 195 cm³/mol. The Labute approximate surface area is 312 Å². The van der Waals surface area contributed by atoms with Crippen LogP contribution in [0.3, 0.4) is 0 Å². The Morgan fingerprint density at radius 2 is 1.42 bits per heavy atom. The lowest BCUT2D eigenvalue weighted by atomic mass is 9.82. The summed E-state index contributed by atoms with van der Waals surface area (Å²) in [4.78, 5) is 37.9. The summed E-state index contributed by atoms with van der Waals surface area (Å²) in [5.41, 5.74) is 3.83. The van der Waals surface area contributed by atoms with Crippen molar-refractivity contribution in [3.8, 4) is 0 Å². The third kappa shape index (κ3) is 9.01. The van der Waals surface area contributed by atoms with Crippen molar-refractivity contribution in [2.45, 2.75) is 16.7 Å². The fraction of sp³-hybridized carbons (Fsp3) is 0.233. The number of nitrogen functional groups attached to an aromatic ring is 1. The molecule has 3 aromatic carbocycles. The van der Waals surface area contributed by atoms with Crippen LogP contribution in [-0.2, 0) is 34.8 Å². The molecule has 282 valence electrons. The summed E-state index contributed by atoms with van der Waals surface area (Å²) in [6.45, 7) is 1.44. The van der Waals surface area contributed by atoms with Crippen LogP contribution in [0.5, 0.6) is 0 Å². The molecule has 7 N–H and O–H groups in total. The first kappa shape index (κ1) is 39.7. The number of carbonyl (C=O) groups excluding carboxylic acids is 2. The topological polar surface area (TPSA) is 287 Å². The van der Waals surface area contributed by atoms with E-state index in [2.05, 4.69) is 30.9 Å². The highest BCUT2D eigenvalue weighted by atomic mass is 35.5. The number of hydrogen-bond donors (Lipinski definition) is 6. The van der Waals surface area contributed by atoms with Gasteiger partial charge < -0.3 is 26.4 Å². The van der Waals surface area contributed by atoms with Crippen LogP contribution < -0.4 is 21.7 Å². The van der Waals surface area contributed by atoms with E-state index in [1.807, 2.05) is 0 Å². The fourth-order valence-electron chi connectivity index (χ4n) is 5.27. The molecule has 1 aliphatic carbocycles. The number of alkyl halides is 1. The van der Waals surface area contributed by atoms with Gasteiger partial charge in [-0.3, -0.25) is 18.7 Å². The average Bonchev–Trinajstić information content (AvgIpc) is 3.05. The Morgan fingerprint density at radius 3 is 2.04 bits per heavy atom. The Kier molecular flexibility index (Phi) is 11.6. The Bertz CT molecular complexity index is 2490. The van der Waals surface area contributed by atoms with E-state index in [0.717, 1.165) is 12.1 Å². The highest BCUT2D eigenvalue weighted by molar-refractivity contribution is 7.91. The summed E-state index contributed by atoms with van der Waals surface area (Å²) < 4.78 is 98.6. The van der Waals surface area contributed by atoms with E-state index in [0.29, 0.717) is 0 Å². The maximum absolute atomic E-state index is 13.7. The van der Waals surface area contributed by atoms with E-state index < -0.39 is 62.7 Å². The minimum atomic E-state index is -5.07. The number of ether oxygens (including phenoxy) is 1. The number of nitrogens with zero attached hydrogens (tertiary/aromatic N) is 3. The van der Waals surface area contributed by atoms with Gasteiger partial charge in [0.1, 0.15) is 9.79 Å². The summed E-state index contributed by atoms with van der Waals surface area (Å²) in [6.07, 6.45) is 0. The quantitative estimate of drug-likeness (QED) is 0.0382. The van der Waals surface area contributed by atoms with Crippen molar-refractivity contribution < 1.29 is 48.7 Å². The molecular formula is C30H29Cl2N7O11S3. The summed E-state index contributed by atoms with van der Waals surface area (Å²) in [7, 11) is -13.3. The zero-order valence-electron chi connectivity index (χ0n) is 27.3. The molecular weight excluding hydrogens is 801 g/mol. The molecule has 0 saturated carbocycles. The molecule has 18 nitrogen and oxygen atoms in total. The van der Waals surface area contributed by atoms with Crippen molar-refractivity contribution in [1.82, 2.24) is 15.0 Å². The number of carbonyl (C=O) groups is 2. The van der Waals surface area contributed by atoms with Gasteiger partial charge in [0.05, 0.1) is 47.2 Å². The van der Waals surface area contributed by atoms with E-state index in [4.69, 9.17) is 33.7 Å².